The summed E-state index contributed by atoms with van der Waals surface area (Å²) in [7, 11) is -1.45. The Kier molecular flexibility index (Phi) is 7.47. The normalized spacial score (nSPS) is 15.3. The standard InChI is InChI=1S/C23H29N3O2S/c1-24-23(25-15-8-18-29(27,28)22-11-6-3-7-12-22)26-16-13-21(14-17-26)19-20-9-4-2-5-10-20/h2-7,9-12,19H,8,13-18H2,1H3,(H,24,25). The minimum absolute atomic E-state index is 0.130. The van der Waals surface area contributed by atoms with Crippen LogP contribution in [-0.4, -0.2) is 51.7 Å². The second-order valence-electron chi connectivity index (χ2n) is 7.16. The van der Waals surface area contributed by atoms with Crippen LogP contribution in [0.25, 0.3) is 6.08 Å². The van der Waals surface area contributed by atoms with E-state index in [4.69, 9.17) is 0 Å². The van der Waals surface area contributed by atoms with Gasteiger partial charge in [-0.3, -0.25) is 4.99 Å². The van der Waals surface area contributed by atoms with E-state index in [0.29, 0.717) is 17.9 Å². The summed E-state index contributed by atoms with van der Waals surface area (Å²) in [5.74, 6) is 0.978. The van der Waals surface area contributed by atoms with Crippen molar-refractivity contribution >= 4 is 21.9 Å². The van der Waals surface area contributed by atoms with Gasteiger partial charge in [-0.1, -0.05) is 60.2 Å². The summed E-state index contributed by atoms with van der Waals surface area (Å²) in [5, 5.41) is 3.32. The number of benzene rings is 2. The first-order valence-electron chi connectivity index (χ1n) is 10.1. The lowest BCUT2D eigenvalue weighted by Crippen LogP contribution is -2.44. The van der Waals surface area contributed by atoms with Crippen LogP contribution in [0.1, 0.15) is 24.8 Å². The number of nitrogens with one attached hydrogen (secondary N) is 1. The summed E-state index contributed by atoms with van der Waals surface area (Å²) in [6.45, 7) is 2.42. The van der Waals surface area contributed by atoms with Crippen LogP contribution in [0.5, 0.6) is 0 Å². The van der Waals surface area contributed by atoms with Gasteiger partial charge < -0.3 is 10.2 Å². The molecular weight excluding hydrogens is 382 g/mol. The Balaban J connectivity index is 1.45. The van der Waals surface area contributed by atoms with Crippen molar-refractivity contribution in [2.75, 3.05) is 32.4 Å². The molecule has 0 bridgehead atoms. The van der Waals surface area contributed by atoms with E-state index in [-0.39, 0.29) is 5.75 Å². The van der Waals surface area contributed by atoms with Crippen molar-refractivity contribution in [1.29, 1.82) is 0 Å². The smallest absolute Gasteiger partial charge is 0.193 e. The van der Waals surface area contributed by atoms with Gasteiger partial charge in [-0.05, 0) is 37.0 Å². The van der Waals surface area contributed by atoms with Crippen LogP contribution in [0.3, 0.4) is 0 Å². The quantitative estimate of drug-likeness (QED) is 0.448. The molecule has 154 valence electrons. The van der Waals surface area contributed by atoms with E-state index in [1.165, 1.54) is 11.1 Å². The molecule has 29 heavy (non-hydrogen) atoms. The number of aliphatic imine (C=N–C) groups is 1. The van der Waals surface area contributed by atoms with Gasteiger partial charge in [-0.15, -0.1) is 0 Å². The Hall–Kier alpha value is -2.60. The highest BCUT2D eigenvalue weighted by Gasteiger charge is 2.18. The van der Waals surface area contributed by atoms with Gasteiger partial charge in [-0.2, -0.15) is 0 Å². The van der Waals surface area contributed by atoms with E-state index in [1.54, 1.807) is 31.3 Å². The average molecular weight is 412 g/mol. The minimum Gasteiger partial charge on any atom is -0.356 e. The van der Waals surface area contributed by atoms with Gasteiger partial charge in [0.05, 0.1) is 10.6 Å². The summed E-state index contributed by atoms with van der Waals surface area (Å²) in [5.41, 5.74) is 2.70. The molecule has 5 nitrogen and oxygen atoms in total. The Morgan fingerprint density at radius 3 is 2.28 bits per heavy atom. The van der Waals surface area contributed by atoms with E-state index in [2.05, 4.69) is 45.6 Å². The van der Waals surface area contributed by atoms with E-state index in [9.17, 15) is 8.42 Å². The molecule has 0 amide bonds. The lowest BCUT2D eigenvalue weighted by atomic mass is 10.0. The van der Waals surface area contributed by atoms with Crippen LogP contribution in [0.4, 0.5) is 0 Å². The first-order valence-corrected chi connectivity index (χ1v) is 11.7. The maximum atomic E-state index is 12.4. The molecule has 1 aliphatic heterocycles. The maximum absolute atomic E-state index is 12.4. The second kappa shape index (κ2) is 10.3. The SMILES string of the molecule is CN=C(NCCCS(=O)(=O)c1ccccc1)N1CCC(=Cc2ccccc2)CC1. The predicted octanol–water partition coefficient (Wildman–Crippen LogP) is 3.61. The van der Waals surface area contributed by atoms with Crippen LogP contribution in [-0.2, 0) is 9.84 Å². The fourth-order valence-electron chi connectivity index (χ4n) is 3.48. The van der Waals surface area contributed by atoms with Gasteiger partial charge in [0.15, 0.2) is 15.8 Å². The number of rotatable bonds is 6. The third-order valence-electron chi connectivity index (χ3n) is 5.06. The molecular formula is C23H29N3O2S. The molecule has 3 rings (SSSR count). The molecule has 2 aromatic rings. The van der Waals surface area contributed by atoms with Crippen molar-refractivity contribution in [1.82, 2.24) is 10.2 Å². The topological polar surface area (TPSA) is 61.8 Å². The van der Waals surface area contributed by atoms with Crippen molar-refractivity contribution in [2.45, 2.75) is 24.2 Å². The molecule has 1 N–H and O–H groups in total. The molecule has 1 aliphatic rings. The highest BCUT2D eigenvalue weighted by atomic mass is 32.2. The van der Waals surface area contributed by atoms with Crippen molar-refractivity contribution in [2.24, 2.45) is 4.99 Å². The molecule has 1 saturated heterocycles. The number of guanidine groups is 1. The Morgan fingerprint density at radius 1 is 1.03 bits per heavy atom. The molecule has 0 aliphatic carbocycles. The van der Waals surface area contributed by atoms with Crippen LogP contribution >= 0.6 is 0 Å². The van der Waals surface area contributed by atoms with Crippen LogP contribution in [0.2, 0.25) is 0 Å². The van der Waals surface area contributed by atoms with Gasteiger partial charge in [0, 0.05) is 26.7 Å². The zero-order chi connectivity index (χ0) is 20.5. The number of nitrogens with zero attached hydrogens (tertiary/aromatic N) is 2. The molecule has 0 aromatic heterocycles. The lowest BCUT2D eigenvalue weighted by molar-refractivity contribution is 0.375. The average Bonchev–Trinajstić information content (AvgIpc) is 2.76. The monoisotopic (exact) mass is 411 g/mol. The number of hydrogen-bond donors (Lipinski definition) is 1. The predicted molar refractivity (Wildman–Crippen MR) is 120 cm³/mol. The molecule has 1 heterocycles. The van der Waals surface area contributed by atoms with Crippen LogP contribution in [0, 0.1) is 0 Å². The molecule has 0 atom stereocenters. The van der Waals surface area contributed by atoms with E-state index >= 15 is 0 Å². The lowest BCUT2D eigenvalue weighted by Gasteiger charge is -2.31. The number of sulfone groups is 1. The molecule has 6 heteroatoms. The molecule has 1 fully saturated rings. The van der Waals surface area contributed by atoms with E-state index < -0.39 is 9.84 Å². The Morgan fingerprint density at radius 2 is 1.66 bits per heavy atom. The van der Waals surface area contributed by atoms with Gasteiger partial charge >= 0.3 is 0 Å². The summed E-state index contributed by atoms with van der Waals surface area (Å²) >= 11 is 0. The van der Waals surface area contributed by atoms with Gasteiger partial charge in [0.1, 0.15) is 0 Å². The van der Waals surface area contributed by atoms with Crippen LogP contribution < -0.4 is 5.32 Å². The van der Waals surface area contributed by atoms with Crippen molar-refractivity contribution in [3.05, 3.63) is 71.8 Å². The zero-order valence-corrected chi connectivity index (χ0v) is 17.7. The fourth-order valence-corrected chi connectivity index (χ4v) is 4.81. The largest absolute Gasteiger partial charge is 0.356 e. The summed E-state index contributed by atoms with van der Waals surface area (Å²) in [6, 6.07) is 19.0. The van der Waals surface area contributed by atoms with E-state index in [0.717, 1.165) is 31.9 Å². The summed E-state index contributed by atoms with van der Waals surface area (Å²) in [4.78, 5) is 7.01. The number of hydrogen-bond acceptors (Lipinski definition) is 3. The molecule has 0 spiro atoms. The Labute approximate surface area is 174 Å². The van der Waals surface area contributed by atoms with Crippen molar-refractivity contribution in [3.63, 3.8) is 0 Å². The van der Waals surface area contributed by atoms with E-state index in [1.807, 2.05) is 12.1 Å². The third kappa shape index (κ3) is 6.19. The minimum atomic E-state index is -3.23. The molecule has 2 aromatic carbocycles. The zero-order valence-electron chi connectivity index (χ0n) is 16.9. The van der Waals surface area contributed by atoms with Crippen LogP contribution in [0.15, 0.2) is 76.1 Å². The van der Waals surface area contributed by atoms with Gasteiger partial charge in [0.25, 0.3) is 0 Å². The molecule has 0 unspecified atom stereocenters. The second-order valence-corrected chi connectivity index (χ2v) is 9.27. The molecule has 0 saturated carbocycles. The van der Waals surface area contributed by atoms with Crippen molar-refractivity contribution in [3.8, 4) is 0 Å². The number of likely N-dealkylation sites (tertiary alicyclic amines) is 1. The highest BCUT2D eigenvalue weighted by Crippen LogP contribution is 2.19. The number of piperidine rings is 1. The summed E-state index contributed by atoms with van der Waals surface area (Å²) in [6.07, 6.45) is 4.85. The highest BCUT2D eigenvalue weighted by molar-refractivity contribution is 7.91. The van der Waals surface area contributed by atoms with Crippen molar-refractivity contribution < 1.29 is 8.42 Å². The molecule has 0 radical (unpaired) electrons. The fraction of sp³-hybridized carbons (Fsp3) is 0.348. The van der Waals surface area contributed by atoms with Gasteiger partial charge in [0.2, 0.25) is 0 Å². The first kappa shape index (κ1) is 21.1. The first-order chi connectivity index (χ1) is 14.1. The third-order valence-corrected chi connectivity index (χ3v) is 6.88. The Bertz CT molecular complexity index is 929. The summed E-state index contributed by atoms with van der Waals surface area (Å²) < 4.78 is 24.7. The maximum Gasteiger partial charge on any atom is 0.193 e. The van der Waals surface area contributed by atoms with Gasteiger partial charge in [-0.25, -0.2) is 8.42 Å².